The molecule has 8 heteroatoms. The molecular formula is C20H19N3O4S. The Labute approximate surface area is 165 Å². The molecule has 2 aromatic carbocycles. The number of fused-ring (bicyclic) bond motifs is 2. The molecule has 0 bridgehead atoms. The fourth-order valence-corrected chi connectivity index (χ4v) is 4.05. The highest BCUT2D eigenvalue weighted by molar-refractivity contribution is 7.17. The van der Waals surface area contributed by atoms with Gasteiger partial charge in [0.1, 0.15) is 0 Å². The van der Waals surface area contributed by atoms with Crippen molar-refractivity contribution < 1.29 is 19.1 Å². The molecule has 28 heavy (non-hydrogen) atoms. The molecular weight excluding hydrogens is 378 g/mol. The summed E-state index contributed by atoms with van der Waals surface area (Å²) in [6.07, 6.45) is 0. The van der Waals surface area contributed by atoms with Crippen molar-refractivity contribution in [1.82, 2.24) is 10.6 Å². The third-order valence-electron chi connectivity index (χ3n) is 4.43. The van der Waals surface area contributed by atoms with Gasteiger partial charge >= 0.3 is 6.03 Å². The van der Waals surface area contributed by atoms with E-state index < -0.39 is 11.9 Å². The minimum Gasteiger partial charge on any atom is -0.454 e. The first-order chi connectivity index (χ1) is 13.6. The molecule has 0 aliphatic carbocycles. The molecule has 1 unspecified atom stereocenters. The van der Waals surface area contributed by atoms with Crippen LogP contribution in [-0.2, 0) is 4.79 Å². The van der Waals surface area contributed by atoms with Gasteiger partial charge in [-0.1, -0.05) is 18.2 Å². The molecule has 1 atom stereocenters. The number of urea groups is 1. The van der Waals surface area contributed by atoms with Gasteiger partial charge in [-0.05, 0) is 41.5 Å². The summed E-state index contributed by atoms with van der Waals surface area (Å²) in [6.45, 7) is 2.18. The summed E-state index contributed by atoms with van der Waals surface area (Å²) >= 11 is 1.67. The van der Waals surface area contributed by atoms with Crippen LogP contribution in [0.5, 0.6) is 11.5 Å². The number of rotatable bonds is 5. The molecule has 4 rings (SSSR count). The monoisotopic (exact) mass is 397 g/mol. The van der Waals surface area contributed by atoms with Gasteiger partial charge in [0.15, 0.2) is 11.5 Å². The Morgan fingerprint density at radius 3 is 2.86 bits per heavy atom. The molecule has 7 nitrogen and oxygen atoms in total. The number of ether oxygens (including phenoxy) is 2. The number of imide groups is 1. The molecule has 0 fully saturated rings. The number of nitrogens with one attached hydrogen (secondary N) is 3. The highest BCUT2D eigenvalue weighted by Gasteiger charge is 2.16. The normalized spacial score (nSPS) is 13.3. The predicted molar refractivity (Wildman–Crippen MR) is 108 cm³/mol. The third kappa shape index (κ3) is 3.92. The molecule has 144 valence electrons. The van der Waals surface area contributed by atoms with E-state index in [0.717, 1.165) is 5.56 Å². The maximum absolute atomic E-state index is 12.1. The highest BCUT2D eigenvalue weighted by atomic mass is 32.1. The van der Waals surface area contributed by atoms with Gasteiger partial charge in [0.2, 0.25) is 12.7 Å². The lowest BCUT2D eigenvalue weighted by Gasteiger charge is -2.13. The van der Waals surface area contributed by atoms with Crippen molar-refractivity contribution in [1.29, 1.82) is 0 Å². The second-order valence-corrected chi connectivity index (χ2v) is 7.27. The molecule has 3 N–H and O–H groups in total. The van der Waals surface area contributed by atoms with E-state index in [1.54, 1.807) is 29.5 Å². The van der Waals surface area contributed by atoms with E-state index in [9.17, 15) is 9.59 Å². The Morgan fingerprint density at radius 2 is 1.96 bits per heavy atom. The van der Waals surface area contributed by atoms with Crippen LogP contribution < -0.4 is 25.4 Å². The molecule has 1 aromatic heterocycles. The van der Waals surface area contributed by atoms with Crippen LogP contribution in [0.15, 0.2) is 47.8 Å². The lowest BCUT2D eigenvalue weighted by Crippen LogP contribution is -2.40. The number of thiophene rings is 1. The van der Waals surface area contributed by atoms with Crippen LogP contribution in [0.4, 0.5) is 10.5 Å². The maximum Gasteiger partial charge on any atom is 0.325 e. The van der Waals surface area contributed by atoms with Crippen LogP contribution >= 0.6 is 11.3 Å². The van der Waals surface area contributed by atoms with E-state index in [2.05, 4.69) is 33.5 Å². The van der Waals surface area contributed by atoms with Gasteiger partial charge in [0.25, 0.3) is 0 Å². The Morgan fingerprint density at radius 1 is 1.14 bits per heavy atom. The summed E-state index contributed by atoms with van der Waals surface area (Å²) in [5.74, 6) is 0.772. The highest BCUT2D eigenvalue weighted by Crippen LogP contribution is 2.34. The van der Waals surface area contributed by atoms with Crippen molar-refractivity contribution in [3.05, 3.63) is 53.4 Å². The minimum absolute atomic E-state index is 0.0150. The van der Waals surface area contributed by atoms with E-state index in [-0.39, 0.29) is 19.4 Å². The van der Waals surface area contributed by atoms with Gasteiger partial charge < -0.3 is 20.1 Å². The second-order valence-electron chi connectivity index (χ2n) is 6.36. The Hall–Kier alpha value is -3.10. The lowest BCUT2D eigenvalue weighted by atomic mass is 10.1. The van der Waals surface area contributed by atoms with Crippen LogP contribution in [0.1, 0.15) is 18.5 Å². The smallest absolute Gasteiger partial charge is 0.325 e. The van der Waals surface area contributed by atoms with Crippen LogP contribution in [0.3, 0.4) is 0 Å². The number of hydrogen-bond acceptors (Lipinski definition) is 6. The van der Waals surface area contributed by atoms with Crippen molar-refractivity contribution >= 4 is 39.0 Å². The van der Waals surface area contributed by atoms with E-state index >= 15 is 0 Å². The molecule has 3 amide bonds. The Balaban J connectivity index is 1.28. The van der Waals surface area contributed by atoms with Crippen LogP contribution in [0, 0.1) is 0 Å². The van der Waals surface area contributed by atoms with Gasteiger partial charge in [-0.25, -0.2) is 4.79 Å². The maximum atomic E-state index is 12.1. The van der Waals surface area contributed by atoms with Crippen LogP contribution in [-0.4, -0.2) is 25.3 Å². The molecule has 2 heterocycles. The van der Waals surface area contributed by atoms with Gasteiger partial charge in [-0.2, -0.15) is 0 Å². The van der Waals surface area contributed by atoms with Crippen molar-refractivity contribution in [2.75, 3.05) is 18.7 Å². The number of carbonyl (C=O) groups is 2. The third-order valence-corrected chi connectivity index (χ3v) is 5.41. The molecule has 0 spiro atoms. The fraction of sp³-hybridized carbons (Fsp3) is 0.200. The number of hydrogen-bond donors (Lipinski definition) is 3. The summed E-state index contributed by atoms with van der Waals surface area (Å²) in [4.78, 5) is 24.1. The number of carbonyl (C=O) groups excluding carboxylic acids is 2. The van der Waals surface area contributed by atoms with E-state index in [1.807, 2.05) is 19.1 Å². The minimum atomic E-state index is -0.598. The standard InChI is InChI=1S/C20H19N3O4S/c1-12(15-10-28-18-5-3-2-4-14(15)18)21-9-19(24)23-20(25)22-13-6-7-16-17(8-13)27-11-26-16/h2-8,10,12,21H,9,11H2,1H3,(H2,22,23,24,25). The summed E-state index contributed by atoms with van der Waals surface area (Å²) in [5, 5.41) is 11.3. The Kier molecular flexibility index (Phi) is 5.14. The zero-order valence-electron chi connectivity index (χ0n) is 15.2. The number of anilines is 1. The van der Waals surface area contributed by atoms with Gasteiger partial charge in [-0.3, -0.25) is 10.1 Å². The summed E-state index contributed by atoms with van der Waals surface area (Å²) in [6, 6.07) is 12.6. The summed E-state index contributed by atoms with van der Waals surface area (Å²) in [5.41, 5.74) is 1.65. The first-order valence-corrected chi connectivity index (χ1v) is 9.68. The van der Waals surface area contributed by atoms with Crippen molar-refractivity contribution in [2.45, 2.75) is 13.0 Å². The van der Waals surface area contributed by atoms with Gasteiger partial charge in [-0.15, -0.1) is 11.3 Å². The molecule has 0 saturated heterocycles. The van der Waals surface area contributed by atoms with Crippen molar-refractivity contribution in [3.63, 3.8) is 0 Å². The van der Waals surface area contributed by atoms with Crippen molar-refractivity contribution in [2.24, 2.45) is 0 Å². The van der Waals surface area contributed by atoms with Crippen LogP contribution in [0.2, 0.25) is 0 Å². The SMILES string of the molecule is CC(NCC(=O)NC(=O)Nc1ccc2c(c1)OCO2)c1csc2ccccc12. The quantitative estimate of drug-likeness (QED) is 0.612. The second kappa shape index (κ2) is 7.87. The summed E-state index contributed by atoms with van der Waals surface area (Å²) in [7, 11) is 0. The number of amides is 3. The molecule has 1 aliphatic heterocycles. The first kappa shape index (κ1) is 18.3. The molecule has 0 radical (unpaired) electrons. The fourth-order valence-electron chi connectivity index (χ4n) is 3.00. The summed E-state index contributed by atoms with van der Waals surface area (Å²) < 4.78 is 11.7. The first-order valence-electron chi connectivity index (χ1n) is 8.80. The molecule has 1 aliphatic rings. The zero-order valence-corrected chi connectivity index (χ0v) is 16.0. The molecule has 3 aromatic rings. The average Bonchev–Trinajstić information content (AvgIpc) is 3.32. The van der Waals surface area contributed by atoms with E-state index in [4.69, 9.17) is 9.47 Å². The topological polar surface area (TPSA) is 88.7 Å². The van der Waals surface area contributed by atoms with Gasteiger partial charge in [0.05, 0.1) is 6.54 Å². The largest absolute Gasteiger partial charge is 0.454 e. The lowest BCUT2D eigenvalue weighted by molar-refractivity contribution is -0.119. The molecule has 0 saturated carbocycles. The van der Waals surface area contributed by atoms with Crippen LogP contribution in [0.25, 0.3) is 10.1 Å². The van der Waals surface area contributed by atoms with Gasteiger partial charge in [0, 0.05) is 22.5 Å². The van der Waals surface area contributed by atoms with E-state index in [0.29, 0.717) is 17.2 Å². The predicted octanol–water partition coefficient (Wildman–Crippen LogP) is 3.63. The van der Waals surface area contributed by atoms with E-state index in [1.165, 1.54) is 10.1 Å². The number of benzene rings is 2. The Bertz CT molecular complexity index is 1030. The zero-order chi connectivity index (χ0) is 19.5. The average molecular weight is 397 g/mol. The van der Waals surface area contributed by atoms with Crippen molar-refractivity contribution in [3.8, 4) is 11.5 Å².